The number of halogens is 4. The minimum absolute atomic E-state index is 0.0210. The zero-order valence-electron chi connectivity index (χ0n) is 19.0. The highest BCUT2D eigenvalue weighted by Gasteiger charge is 2.36. The molecule has 0 bridgehead atoms. The predicted octanol–water partition coefficient (Wildman–Crippen LogP) is 3.78. The van der Waals surface area contributed by atoms with Gasteiger partial charge in [0, 0.05) is 42.5 Å². The van der Waals surface area contributed by atoms with Crippen LogP contribution in [0, 0.1) is 23.3 Å². The van der Waals surface area contributed by atoms with Crippen LogP contribution >= 0.6 is 0 Å². The maximum Gasteiger partial charge on any atom is 0.407 e. The molecule has 1 heterocycles. The molecule has 1 saturated heterocycles. The average Bonchev–Trinajstić information content (AvgIpc) is 3.19. The number of sulfonamides is 1. The molecule has 1 fully saturated rings. The van der Waals surface area contributed by atoms with Crippen LogP contribution in [0.1, 0.15) is 37.6 Å². The Bertz CT molecular complexity index is 1240. The molecule has 2 aromatic carbocycles. The van der Waals surface area contributed by atoms with Crippen molar-refractivity contribution in [3.63, 3.8) is 0 Å². The molecule has 1 aliphatic rings. The molecule has 1 unspecified atom stereocenters. The summed E-state index contributed by atoms with van der Waals surface area (Å²) in [4.78, 5) is 23.6. The number of benzene rings is 2. The Hall–Kier alpha value is -3.19. The Morgan fingerprint density at radius 1 is 1.03 bits per heavy atom. The van der Waals surface area contributed by atoms with E-state index in [4.69, 9.17) is 4.74 Å². The Kier molecular flexibility index (Phi) is 7.41. The second kappa shape index (κ2) is 9.82. The summed E-state index contributed by atoms with van der Waals surface area (Å²) < 4.78 is 86.6. The molecule has 0 spiro atoms. The Morgan fingerprint density at radius 2 is 1.66 bits per heavy atom. The monoisotopic (exact) mass is 517 g/mol. The van der Waals surface area contributed by atoms with Gasteiger partial charge in [0.25, 0.3) is 5.91 Å². The van der Waals surface area contributed by atoms with Gasteiger partial charge in [0.05, 0.1) is 0 Å². The minimum atomic E-state index is -4.40. The summed E-state index contributed by atoms with van der Waals surface area (Å²) in [6.45, 7) is 4.85. The van der Waals surface area contributed by atoms with Crippen LogP contribution in [-0.2, 0) is 14.8 Å². The van der Waals surface area contributed by atoms with E-state index in [1.807, 2.05) is 0 Å². The number of alkyl carbamates (subject to hydrolysis) is 1. The quantitative estimate of drug-likeness (QED) is 0.464. The third-order valence-electron chi connectivity index (χ3n) is 4.92. The second-order valence-corrected chi connectivity index (χ2v) is 10.8. The average molecular weight is 518 g/mol. The van der Waals surface area contributed by atoms with Gasteiger partial charge < -0.3 is 15.4 Å². The van der Waals surface area contributed by atoms with Gasteiger partial charge in [0.1, 0.15) is 16.3 Å². The lowest BCUT2D eigenvalue weighted by Gasteiger charge is -2.22. The SMILES string of the molecule is CC(C)(C)OC(=O)NC1CCN(S(=O)(=O)c2cc(C(=O)Nc3cc(F)c(F)c(F)c3)ccc2F)C1. The largest absolute Gasteiger partial charge is 0.444 e. The standard InChI is InChI=1S/C22H23F4N3O5S/c1-22(2,3)34-21(31)28-13-6-7-29(11-13)35(32,33)18-8-12(4-5-15(18)23)20(30)27-14-9-16(24)19(26)17(25)10-14/h4-5,8-10,13H,6-7,11H2,1-3H3,(H,27,30)(H,28,31). The number of rotatable bonds is 5. The minimum Gasteiger partial charge on any atom is -0.444 e. The van der Waals surface area contributed by atoms with Crippen molar-refractivity contribution in [2.45, 2.75) is 43.7 Å². The first-order valence-corrected chi connectivity index (χ1v) is 11.9. The molecule has 1 atom stereocenters. The maximum atomic E-state index is 14.5. The number of nitrogens with one attached hydrogen (secondary N) is 2. The summed E-state index contributed by atoms with van der Waals surface area (Å²) in [5.74, 6) is -6.91. The Labute approximate surface area is 199 Å². The van der Waals surface area contributed by atoms with Crippen molar-refractivity contribution < 1.29 is 40.3 Å². The molecule has 2 amide bonds. The van der Waals surface area contributed by atoms with Gasteiger partial charge in [-0.2, -0.15) is 4.31 Å². The number of anilines is 1. The third-order valence-corrected chi connectivity index (χ3v) is 6.80. The van der Waals surface area contributed by atoms with Gasteiger partial charge in [-0.3, -0.25) is 4.79 Å². The van der Waals surface area contributed by atoms with Gasteiger partial charge >= 0.3 is 6.09 Å². The highest BCUT2D eigenvalue weighted by Crippen LogP contribution is 2.25. The Balaban J connectivity index is 1.76. The topological polar surface area (TPSA) is 105 Å². The van der Waals surface area contributed by atoms with Gasteiger partial charge in [0.2, 0.25) is 10.0 Å². The fourth-order valence-corrected chi connectivity index (χ4v) is 4.94. The fourth-order valence-electron chi connectivity index (χ4n) is 3.35. The summed E-state index contributed by atoms with van der Waals surface area (Å²) >= 11 is 0. The lowest BCUT2D eigenvalue weighted by Crippen LogP contribution is -2.41. The second-order valence-electron chi connectivity index (χ2n) is 8.85. The van der Waals surface area contributed by atoms with Crippen LogP contribution in [0.5, 0.6) is 0 Å². The van der Waals surface area contributed by atoms with Crippen molar-refractivity contribution in [2.24, 2.45) is 0 Å². The molecular weight excluding hydrogens is 494 g/mol. The van der Waals surface area contributed by atoms with Gasteiger partial charge in [0.15, 0.2) is 17.5 Å². The van der Waals surface area contributed by atoms with Crippen LogP contribution in [0.25, 0.3) is 0 Å². The fraction of sp³-hybridized carbons (Fsp3) is 0.364. The van der Waals surface area contributed by atoms with Crippen molar-refractivity contribution in [1.82, 2.24) is 9.62 Å². The molecule has 2 N–H and O–H groups in total. The number of amides is 2. The van der Waals surface area contributed by atoms with E-state index in [1.165, 1.54) is 0 Å². The zero-order valence-corrected chi connectivity index (χ0v) is 19.8. The lowest BCUT2D eigenvalue weighted by molar-refractivity contribution is 0.0507. The molecule has 0 aromatic heterocycles. The molecule has 13 heteroatoms. The summed E-state index contributed by atoms with van der Waals surface area (Å²) in [5, 5.41) is 4.66. The van der Waals surface area contributed by atoms with E-state index in [9.17, 15) is 35.6 Å². The van der Waals surface area contributed by atoms with Crippen LogP contribution < -0.4 is 10.6 Å². The highest BCUT2D eigenvalue weighted by molar-refractivity contribution is 7.89. The molecule has 8 nitrogen and oxygen atoms in total. The summed E-state index contributed by atoms with van der Waals surface area (Å²) in [7, 11) is -4.40. The zero-order chi connectivity index (χ0) is 26.1. The molecule has 2 aromatic rings. The van der Waals surface area contributed by atoms with Crippen LogP contribution in [0.4, 0.5) is 28.0 Å². The van der Waals surface area contributed by atoms with Crippen molar-refractivity contribution >= 4 is 27.7 Å². The number of carbonyl (C=O) groups is 2. The highest BCUT2D eigenvalue weighted by atomic mass is 32.2. The molecule has 190 valence electrons. The number of carbonyl (C=O) groups excluding carboxylic acids is 2. The van der Waals surface area contributed by atoms with E-state index in [1.54, 1.807) is 20.8 Å². The molecule has 0 radical (unpaired) electrons. The van der Waals surface area contributed by atoms with E-state index in [0.29, 0.717) is 12.1 Å². The van der Waals surface area contributed by atoms with E-state index in [2.05, 4.69) is 10.6 Å². The van der Waals surface area contributed by atoms with Crippen molar-refractivity contribution in [3.8, 4) is 0 Å². The molecule has 35 heavy (non-hydrogen) atoms. The van der Waals surface area contributed by atoms with E-state index in [0.717, 1.165) is 22.5 Å². The van der Waals surface area contributed by atoms with Crippen LogP contribution in [-0.4, -0.2) is 49.5 Å². The van der Waals surface area contributed by atoms with Crippen molar-refractivity contribution in [1.29, 1.82) is 0 Å². The normalized spacial score (nSPS) is 16.7. The van der Waals surface area contributed by atoms with Gasteiger partial charge in [-0.15, -0.1) is 0 Å². The number of hydrogen-bond donors (Lipinski definition) is 2. The molecule has 0 saturated carbocycles. The summed E-state index contributed by atoms with van der Waals surface area (Å²) in [6, 6.07) is 3.04. The summed E-state index contributed by atoms with van der Waals surface area (Å²) in [6.07, 6.45) is -0.470. The van der Waals surface area contributed by atoms with Gasteiger partial charge in [-0.1, -0.05) is 0 Å². The first-order chi connectivity index (χ1) is 16.2. The molecule has 1 aliphatic heterocycles. The van der Waals surface area contributed by atoms with Gasteiger partial charge in [-0.25, -0.2) is 30.8 Å². The van der Waals surface area contributed by atoms with Crippen molar-refractivity contribution in [3.05, 3.63) is 59.2 Å². The number of hydrogen-bond acceptors (Lipinski definition) is 5. The molecule has 0 aliphatic carbocycles. The molecule has 3 rings (SSSR count). The Morgan fingerprint density at radius 3 is 2.26 bits per heavy atom. The maximum absolute atomic E-state index is 14.5. The van der Waals surface area contributed by atoms with E-state index >= 15 is 0 Å². The third kappa shape index (κ3) is 6.28. The summed E-state index contributed by atoms with van der Waals surface area (Å²) in [5.41, 5.74) is -1.49. The first kappa shape index (κ1) is 26.4. The van der Waals surface area contributed by atoms with E-state index < -0.39 is 67.5 Å². The van der Waals surface area contributed by atoms with Crippen LogP contribution in [0.2, 0.25) is 0 Å². The van der Waals surface area contributed by atoms with Crippen LogP contribution in [0.3, 0.4) is 0 Å². The number of nitrogens with zero attached hydrogens (tertiary/aromatic N) is 1. The van der Waals surface area contributed by atoms with E-state index in [-0.39, 0.29) is 25.1 Å². The number of ether oxygens (including phenoxy) is 1. The van der Waals surface area contributed by atoms with Crippen molar-refractivity contribution in [2.75, 3.05) is 18.4 Å². The smallest absolute Gasteiger partial charge is 0.407 e. The predicted molar refractivity (Wildman–Crippen MR) is 117 cm³/mol. The first-order valence-electron chi connectivity index (χ1n) is 10.4. The van der Waals surface area contributed by atoms with Crippen LogP contribution in [0.15, 0.2) is 35.2 Å². The molecular formula is C22H23F4N3O5S. The van der Waals surface area contributed by atoms with Gasteiger partial charge in [-0.05, 0) is 45.4 Å². The lowest BCUT2D eigenvalue weighted by atomic mass is 10.2.